The number of hydrogen-bond acceptors (Lipinski definition) is 5. The van der Waals surface area contributed by atoms with Gasteiger partial charge < -0.3 is 20.3 Å². The standard InChI is InChI=1S/C4H9NO5.C4H5N/c6-1-4(2-7,3-8)5(9)10;1-2-4-5-3-1/h6-8H,1-3H2;1-5H. The van der Waals surface area contributed by atoms with E-state index in [0.29, 0.717) is 0 Å². The SMILES string of the molecule is O=[N+]([O-])C(CO)(CO)CO.c1cc[nH]c1. The summed E-state index contributed by atoms with van der Waals surface area (Å²) in [5.74, 6) is 0. The van der Waals surface area contributed by atoms with Gasteiger partial charge in [0.1, 0.15) is 19.8 Å². The summed E-state index contributed by atoms with van der Waals surface area (Å²) in [6.45, 7) is -2.60. The fourth-order valence-corrected chi connectivity index (χ4v) is 0.601. The number of nitrogens with zero attached hydrogens (tertiary/aromatic N) is 1. The molecule has 0 fully saturated rings. The summed E-state index contributed by atoms with van der Waals surface area (Å²) in [5, 5.41) is 35.2. The van der Waals surface area contributed by atoms with E-state index in [1.807, 2.05) is 24.5 Å². The van der Waals surface area contributed by atoms with E-state index < -0.39 is 30.3 Å². The summed E-state index contributed by atoms with van der Waals surface area (Å²) >= 11 is 0. The topological polar surface area (TPSA) is 120 Å². The Hall–Kier alpha value is -1.44. The Kier molecular flexibility index (Phi) is 6.27. The summed E-state index contributed by atoms with van der Waals surface area (Å²) in [7, 11) is 0. The van der Waals surface area contributed by atoms with Gasteiger partial charge in [-0.2, -0.15) is 0 Å². The molecular formula is C8H14N2O5. The van der Waals surface area contributed by atoms with Crippen molar-refractivity contribution in [3.63, 3.8) is 0 Å². The first-order valence-electron chi connectivity index (χ1n) is 4.18. The second-order valence-corrected chi connectivity index (χ2v) is 2.84. The molecule has 86 valence electrons. The first kappa shape index (κ1) is 13.6. The highest BCUT2D eigenvalue weighted by atomic mass is 16.6. The molecule has 0 atom stereocenters. The molecule has 15 heavy (non-hydrogen) atoms. The highest BCUT2D eigenvalue weighted by molar-refractivity contribution is 4.84. The molecule has 1 heterocycles. The lowest BCUT2D eigenvalue weighted by Gasteiger charge is -2.16. The van der Waals surface area contributed by atoms with Crippen LogP contribution < -0.4 is 0 Å². The van der Waals surface area contributed by atoms with E-state index in [9.17, 15) is 10.1 Å². The lowest BCUT2D eigenvalue weighted by atomic mass is 10.1. The van der Waals surface area contributed by atoms with Crippen molar-refractivity contribution in [3.05, 3.63) is 34.6 Å². The van der Waals surface area contributed by atoms with Crippen LogP contribution in [-0.2, 0) is 0 Å². The summed E-state index contributed by atoms with van der Waals surface area (Å²) < 4.78 is 0. The number of aliphatic hydroxyl groups is 3. The van der Waals surface area contributed by atoms with Crippen LogP contribution in [0.1, 0.15) is 0 Å². The van der Waals surface area contributed by atoms with Crippen LogP contribution in [-0.4, -0.2) is 50.6 Å². The average molecular weight is 218 g/mol. The van der Waals surface area contributed by atoms with E-state index >= 15 is 0 Å². The molecule has 7 heteroatoms. The van der Waals surface area contributed by atoms with Crippen LogP contribution in [0.2, 0.25) is 0 Å². The number of nitro groups is 1. The maximum atomic E-state index is 10.0. The summed E-state index contributed by atoms with van der Waals surface area (Å²) in [4.78, 5) is 12.0. The predicted octanol–water partition coefficient (Wildman–Crippen LogP) is -1.01. The molecule has 7 nitrogen and oxygen atoms in total. The Morgan fingerprint density at radius 2 is 1.53 bits per heavy atom. The van der Waals surface area contributed by atoms with E-state index in [4.69, 9.17) is 15.3 Å². The lowest BCUT2D eigenvalue weighted by Crippen LogP contribution is -2.49. The molecule has 0 spiro atoms. The third kappa shape index (κ3) is 4.07. The van der Waals surface area contributed by atoms with Crippen LogP contribution in [0, 0.1) is 10.1 Å². The minimum absolute atomic E-state index is 0.868. The number of H-pyrrole nitrogens is 1. The molecule has 1 aromatic rings. The number of aromatic nitrogens is 1. The maximum Gasteiger partial charge on any atom is 0.289 e. The van der Waals surface area contributed by atoms with E-state index in [2.05, 4.69) is 4.98 Å². The van der Waals surface area contributed by atoms with Gasteiger partial charge in [0.25, 0.3) is 5.54 Å². The largest absolute Gasteiger partial charge is 0.389 e. The van der Waals surface area contributed by atoms with Gasteiger partial charge in [0.15, 0.2) is 0 Å². The minimum atomic E-state index is -1.99. The highest BCUT2D eigenvalue weighted by Gasteiger charge is 2.41. The number of rotatable bonds is 4. The van der Waals surface area contributed by atoms with Crippen LogP contribution in [0.5, 0.6) is 0 Å². The quantitative estimate of drug-likeness (QED) is 0.381. The molecular weight excluding hydrogens is 204 g/mol. The number of hydrogen-bond donors (Lipinski definition) is 4. The van der Waals surface area contributed by atoms with Crippen molar-refractivity contribution in [2.24, 2.45) is 0 Å². The second-order valence-electron chi connectivity index (χ2n) is 2.84. The average Bonchev–Trinajstić information content (AvgIpc) is 2.79. The molecule has 0 amide bonds. The molecule has 1 aromatic heterocycles. The smallest absolute Gasteiger partial charge is 0.289 e. The number of aromatic amines is 1. The molecule has 4 N–H and O–H groups in total. The highest BCUT2D eigenvalue weighted by Crippen LogP contribution is 2.05. The third-order valence-electron chi connectivity index (χ3n) is 1.77. The van der Waals surface area contributed by atoms with Gasteiger partial charge in [0.2, 0.25) is 0 Å². The van der Waals surface area contributed by atoms with Gasteiger partial charge >= 0.3 is 0 Å². The van der Waals surface area contributed by atoms with E-state index in [1.165, 1.54) is 0 Å². The predicted molar refractivity (Wildman–Crippen MR) is 51.8 cm³/mol. The van der Waals surface area contributed by atoms with Crippen LogP contribution in [0.25, 0.3) is 0 Å². The fraction of sp³-hybridized carbons (Fsp3) is 0.500. The van der Waals surface area contributed by atoms with Crippen molar-refractivity contribution in [2.75, 3.05) is 19.8 Å². The van der Waals surface area contributed by atoms with Crippen LogP contribution in [0.4, 0.5) is 0 Å². The van der Waals surface area contributed by atoms with E-state index in [0.717, 1.165) is 0 Å². The van der Waals surface area contributed by atoms with Crippen molar-refractivity contribution in [2.45, 2.75) is 5.54 Å². The zero-order chi connectivity index (χ0) is 11.7. The summed E-state index contributed by atoms with van der Waals surface area (Å²) in [6, 6.07) is 3.89. The zero-order valence-corrected chi connectivity index (χ0v) is 8.04. The second kappa shape index (κ2) is 6.93. The Morgan fingerprint density at radius 3 is 1.60 bits per heavy atom. The molecule has 0 radical (unpaired) electrons. The Balaban J connectivity index is 0.000000322. The van der Waals surface area contributed by atoms with Gasteiger partial charge in [-0.15, -0.1) is 0 Å². The Labute approximate surface area is 86.1 Å². The van der Waals surface area contributed by atoms with Gasteiger partial charge in [-0.05, 0) is 12.1 Å². The van der Waals surface area contributed by atoms with Crippen molar-refractivity contribution in [1.29, 1.82) is 0 Å². The molecule has 0 bridgehead atoms. The molecule has 0 saturated heterocycles. The Bertz CT molecular complexity index is 233. The first-order chi connectivity index (χ1) is 7.13. The zero-order valence-electron chi connectivity index (χ0n) is 8.04. The normalized spacial score (nSPS) is 10.3. The third-order valence-corrected chi connectivity index (χ3v) is 1.77. The minimum Gasteiger partial charge on any atom is -0.389 e. The van der Waals surface area contributed by atoms with Gasteiger partial charge in [-0.1, -0.05) is 0 Å². The molecule has 1 rings (SSSR count). The maximum absolute atomic E-state index is 10.0. The first-order valence-corrected chi connectivity index (χ1v) is 4.18. The Morgan fingerprint density at radius 1 is 1.13 bits per heavy atom. The van der Waals surface area contributed by atoms with Crippen LogP contribution in [0.15, 0.2) is 24.5 Å². The van der Waals surface area contributed by atoms with Gasteiger partial charge in [-0.3, -0.25) is 10.1 Å². The van der Waals surface area contributed by atoms with Gasteiger partial charge in [-0.25, -0.2) is 0 Å². The number of nitrogens with one attached hydrogen (secondary N) is 1. The fourth-order valence-electron chi connectivity index (χ4n) is 0.601. The van der Waals surface area contributed by atoms with E-state index in [-0.39, 0.29) is 0 Å². The summed E-state index contributed by atoms with van der Waals surface area (Å²) in [6.07, 6.45) is 3.75. The van der Waals surface area contributed by atoms with Crippen molar-refractivity contribution >= 4 is 0 Å². The molecule has 0 aliphatic carbocycles. The van der Waals surface area contributed by atoms with Crippen molar-refractivity contribution in [1.82, 2.24) is 4.98 Å². The van der Waals surface area contributed by atoms with E-state index in [1.54, 1.807) is 0 Å². The van der Waals surface area contributed by atoms with Gasteiger partial charge in [0.05, 0.1) is 0 Å². The molecule has 0 saturated carbocycles. The van der Waals surface area contributed by atoms with Crippen molar-refractivity contribution in [3.8, 4) is 0 Å². The van der Waals surface area contributed by atoms with Crippen LogP contribution in [0.3, 0.4) is 0 Å². The molecule has 0 unspecified atom stereocenters. The summed E-state index contributed by atoms with van der Waals surface area (Å²) in [5.41, 5.74) is -1.99. The monoisotopic (exact) mass is 218 g/mol. The molecule has 0 aliphatic rings. The number of aliphatic hydroxyl groups excluding tert-OH is 3. The molecule has 0 aliphatic heterocycles. The van der Waals surface area contributed by atoms with Crippen molar-refractivity contribution < 1.29 is 20.2 Å². The lowest BCUT2D eigenvalue weighted by molar-refractivity contribution is -0.580. The van der Waals surface area contributed by atoms with Gasteiger partial charge in [0, 0.05) is 17.3 Å². The molecule has 0 aromatic carbocycles. The van der Waals surface area contributed by atoms with Crippen LogP contribution >= 0.6 is 0 Å².